The van der Waals surface area contributed by atoms with E-state index in [0.29, 0.717) is 23.6 Å². The molecule has 3 N–H and O–H groups in total. The van der Waals surface area contributed by atoms with Gasteiger partial charge in [0.05, 0.1) is 32.0 Å². The molecule has 3 aliphatic heterocycles. The van der Waals surface area contributed by atoms with Crippen LogP contribution in [0.25, 0.3) is 0 Å². The Bertz CT molecular complexity index is 1130. The van der Waals surface area contributed by atoms with Crippen molar-refractivity contribution in [1.29, 1.82) is 0 Å². The van der Waals surface area contributed by atoms with Gasteiger partial charge in [-0.3, -0.25) is 9.69 Å². The van der Waals surface area contributed by atoms with Crippen molar-refractivity contribution in [2.24, 2.45) is 0 Å². The van der Waals surface area contributed by atoms with E-state index in [2.05, 4.69) is 16.2 Å². The average molecular weight is 468 g/mol. The quantitative estimate of drug-likeness (QED) is 0.598. The standard InChI is InChI=1S/C23H25FN6O4/c1-33-16-7-8-17(20(11-16)34-2)25-21(31)13-30-23(32)28-9-10-29-19(22(28)27-30)12-18(26-29)14-3-5-15(24)6-4-14/h3-11,18-19,22,26-27H,12-13H2,1-2H3,(H,25,31). The monoisotopic (exact) mass is 468 g/mol. The fourth-order valence-corrected chi connectivity index (χ4v) is 4.48. The second kappa shape index (κ2) is 8.84. The Hall–Kier alpha value is -3.83. The molecule has 2 aromatic rings. The molecule has 0 saturated carbocycles. The Balaban J connectivity index is 1.25. The van der Waals surface area contributed by atoms with Gasteiger partial charge >= 0.3 is 6.03 Å². The fourth-order valence-electron chi connectivity index (χ4n) is 4.48. The van der Waals surface area contributed by atoms with Crippen molar-refractivity contribution in [3.63, 3.8) is 0 Å². The van der Waals surface area contributed by atoms with E-state index in [4.69, 9.17) is 9.47 Å². The minimum atomic E-state index is -0.376. The minimum absolute atomic E-state index is 0.0213. The zero-order valence-corrected chi connectivity index (χ0v) is 18.7. The minimum Gasteiger partial charge on any atom is -0.497 e. The molecule has 0 aliphatic carbocycles. The summed E-state index contributed by atoms with van der Waals surface area (Å²) in [7, 11) is 3.05. The lowest BCUT2D eigenvalue weighted by molar-refractivity contribution is -0.117. The van der Waals surface area contributed by atoms with Crippen LogP contribution in [0.4, 0.5) is 14.9 Å². The molecular weight excluding hydrogens is 443 g/mol. The molecule has 0 radical (unpaired) electrons. The van der Waals surface area contributed by atoms with E-state index in [-0.39, 0.29) is 42.5 Å². The number of nitrogens with zero attached hydrogens (tertiary/aromatic N) is 3. The van der Waals surface area contributed by atoms with Crippen LogP contribution in [0.15, 0.2) is 54.9 Å². The SMILES string of the molecule is COc1ccc(NC(=O)CN2NC3C4CC(c5ccc(F)cc5)NN4C=CN3C2=O)c(OC)c1. The number of carbonyl (C=O) groups is 2. The van der Waals surface area contributed by atoms with Gasteiger partial charge in [-0.15, -0.1) is 0 Å². The smallest absolute Gasteiger partial charge is 0.340 e. The van der Waals surface area contributed by atoms with Crippen molar-refractivity contribution in [1.82, 2.24) is 25.8 Å². The highest BCUT2D eigenvalue weighted by atomic mass is 19.1. The molecule has 34 heavy (non-hydrogen) atoms. The second-order valence-corrected chi connectivity index (χ2v) is 8.21. The Kier molecular flexibility index (Phi) is 5.72. The van der Waals surface area contributed by atoms with E-state index in [1.54, 1.807) is 54.7 Å². The zero-order chi connectivity index (χ0) is 23.8. The third-order valence-electron chi connectivity index (χ3n) is 6.19. The highest BCUT2D eigenvalue weighted by Gasteiger charge is 2.48. The fraction of sp³-hybridized carbons (Fsp3) is 0.304. The van der Waals surface area contributed by atoms with Crippen LogP contribution in [0, 0.1) is 5.82 Å². The van der Waals surface area contributed by atoms with Gasteiger partial charge in [0.2, 0.25) is 5.91 Å². The molecule has 0 aromatic heterocycles. The van der Waals surface area contributed by atoms with Crippen LogP contribution in [0.2, 0.25) is 0 Å². The number of amides is 3. The van der Waals surface area contributed by atoms with Gasteiger partial charge < -0.3 is 19.8 Å². The number of halogens is 1. The maximum atomic E-state index is 13.3. The van der Waals surface area contributed by atoms with Crippen LogP contribution in [-0.2, 0) is 4.79 Å². The summed E-state index contributed by atoms with van der Waals surface area (Å²) in [6, 6.07) is 11.0. The molecule has 2 fully saturated rings. The number of hydrazine groups is 2. The number of methoxy groups -OCH3 is 2. The Labute approximate surface area is 195 Å². The van der Waals surface area contributed by atoms with Gasteiger partial charge in [0, 0.05) is 18.5 Å². The first-order valence-electron chi connectivity index (χ1n) is 10.8. The van der Waals surface area contributed by atoms with Crippen LogP contribution < -0.4 is 25.6 Å². The number of carbonyl (C=O) groups excluding carboxylic acids is 2. The molecule has 11 heteroatoms. The summed E-state index contributed by atoms with van der Waals surface area (Å²) >= 11 is 0. The first kappa shape index (κ1) is 22.0. The van der Waals surface area contributed by atoms with E-state index in [1.165, 1.54) is 24.3 Å². The normalized spacial score (nSPS) is 23.1. The number of urea groups is 1. The van der Waals surface area contributed by atoms with E-state index in [1.807, 2.05) is 5.01 Å². The molecular formula is C23H25FN6O4. The maximum Gasteiger partial charge on any atom is 0.340 e. The summed E-state index contributed by atoms with van der Waals surface area (Å²) in [5.41, 5.74) is 7.99. The van der Waals surface area contributed by atoms with Gasteiger partial charge in [0.1, 0.15) is 30.0 Å². The highest BCUT2D eigenvalue weighted by molar-refractivity contribution is 5.96. The van der Waals surface area contributed by atoms with Gasteiger partial charge in [-0.2, -0.15) is 0 Å². The summed E-state index contributed by atoms with van der Waals surface area (Å²) < 4.78 is 23.8. The average Bonchev–Trinajstić information content (AvgIpc) is 3.41. The lowest BCUT2D eigenvalue weighted by Gasteiger charge is -2.34. The van der Waals surface area contributed by atoms with Gasteiger partial charge in [0.15, 0.2) is 0 Å². The molecule has 0 bridgehead atoms. The van der Waals surface area contributed by atoms with Crippen LogP contribution in [0.3, 0.4) is 0 Å². The molecule has 10 nitrogen and oxygen atoms in total. The van der Waals surface area contributed by atoms with Gasteiger partial charge in [-0.1, -0.05) is 12.1 Å². The zero-order valence-electron chi connectivity index (χ0n) is 18.7. The van der Waals surface area contributed by atoms with Crippen LogP contribution in [0.1, 0.15) is 18.0 Å². The molecule has 0 spiro atoms. The summed E-state index contributed by atoms with van der Waals surface area (Å²) in [5.74, 6) is 0.394. The third kappa shape index (κ3) is 3.99. The molecule has 3 atom stereocenters. The van der Waals surface area contributed by atoms with Gasteiger partial charge in [0.25, 0.3) is 0 Å². The van der Waals surface area contributed by atoms with Crippen LogP contribution in [-0.4, -0.2) is 59.8 Å². The Morgan fingerprint density at radius 1 is 1.12 bits per heavy atom. The number of nitrogens with one attached hydrogen (secondary N) is 3. The summed E-state index contributed by atoms with van der Waals surface area (Å²) in [6.45, 7) is -0.184. The number of fused-ring (bicyclic) bond motifs is 3. The lowest BCUT2D eigenvalue weighted by atomic mass is 10.00. The van der Waals surface area contributed by atoms with Crippen molar-refractivity contribution in [2.75, 3.05) is 26.1 Å². The third-order valence-corrected chi connectivity index (χ3v) is 6.19. The second-order valence-electron chi connectivity index (χ2n) is 8.21. The Morgan fingerprint density at radius 3 is 2.65 bits per heavy atom. The predicted octanol–water partition coefficient (Wildman–Crippen LogP) is 2.15. The van der Waals surface area contributed by atoms with Crippen molar-refractivity contribution in [3.8, 4) is 11.5 Å². The van der Waals surface area contributed by atoms with E-state index in [0.717, 1.165) is 5.56 Å². The molecule has 3 amide bonds. The number of rotatable bonds is 6. The Morgan fingerprint density at radius 2 is 1.91 bits per heavy atom. The largest absolute Gasteiger partial charge is 0.497 e. The van der Waals surface area contributed by atoms with Crippen molar-refractivity contribution in [3.05, 3.63) is 66.2 Å². The van der Waals surface area contributed by atoms with E-state index >= 15 is 0 Å². The van der Waals surface area contributed by atoms with Gasteiger partial charge in [-0.25, -0.2) is 25.0 Å². The lowest BCUT2D eigenvalue weighted by Crippen LogP contribution is -2.54. The first-order valence-corrected chi connectivity index (χ1v) is 10.8. The molecule has 2 aromatic carbocycles. The number of benzene rings is 2. The van der Waals surface area contributed by atoms with E-state index < -0.39 is 0 Å². The topological polar surface area (TPSA) is 98.4 Å². The van der Waals surface area contributed by atoms with E-state index in [9.17, 15) is 14.0 Å². The van der Waals surface area contributed by atoms with Crippen LogP contribution in [0.5, 0.6) is 11.5 Å². The van der Waals surface area contributed by atoms with Crippen molar-refractivity contribution in [2.45, 2.75) is 24.7 Å². The maximum absolute atomic E-state index is 13.3. The number of anilines is 1. The van der Waals surface area contributed by atoms with Gasteiger partial charge in [-0.05, 0) is 36.2 Å². The molecule has 3 heterocycles. The highest BCUT2D eigenvalue weighted by Crippen LogP contribution is 2.35. The molecule has 178 valence electrons. The number of ether oxygens (including phenoxy) is 2. The summed E-state index contributed by atoms with van der Waals surface area (Å²) in [5, 5.41) is 6.02. The number of hydrogen-bond donors (Lipinski definition) is 3. The van der Waals surface area contributed by atoms with Crippen LogP contribution >= 0.6 is 0 Å². The predicted molar refractivity (Wildman–Crippen MR) is 121 cm³/mol. The summed E-state index contributed by atoms with van der Waals surface area (Å²) in [6.07, 6.45) is 3.83. The molecule has 3 unspecified atom stereocenters. The molecule has 2 saturated heterocycles. The first-order chi connectivity index (χ1) is 16.5. The molecule has 3 aliphatic rings. The summed E-state index contributed by atoms with van der Waals surface area (Å²) in [4.78, 5) is 27.2. The number of hydrogen-bond acceptors (Lipinski definition) is 7. The van der Waals surface area contributed by atoms with Crippen molar-refractivity contribution >= 4 is 17.6 Å². The van der Waals surface area contributed by atoms with Crippen molar-refractivity contribution < 1.29 is 23.5 Å². The molecule has 5 rings (SSSR count).